The van der Waals surface area contributed by atoms with Crippen molar-refractivity contribution in [2.24, 2.45) is 5.41 Å². The van der Waals surface area contributed by atoms with Crippen molar-refractivity contribution in [3.63, 3.8) is 0 Å². The van der Waals surface area contributed by atoms with Crippen molar-refractivity contribution in [3.8, 4) is 0 Å². The Hall–Kier alpha value is -0.760. The first kappa shape index (κ1) is 14.3. The Balaban J connectivity index is 0.000000686. The summed E-state index contributed by atoms with van der Waals surface area (Å²) in [5.74, 6) is 2.38. The normalized spacial score (nSPS) is 21.8. The molecule has 1 aliphatic rings. The molecule has 0 fully saturated rings. The lowest BCUT2D eigenvalue weighted by atomic mass is 9.76. The first-order chi connectivity index (χ1) is 7.89. The summed E-state index contributed by atoms with van der Waals surface area (Å²) >= 11 is 0. The quantitative estimate of drug-likeness (QED) is 0.785. The Labute approximate surface area is 105 Å². The number of fused-ring (bicyclic) bond motifs is 1. The van der Waals surface area contributed by atoms with Crippen LogP contribution in [0.15, 0.2) is 10.5 Å². The van der Waals surface area contributed by atoms with Gasteiger partial charge in [-0.3, -0.25) is 0 Å². The van der Waals surface area contributed by atoms with E-state index in [4.69, 9.17) is 4.42 Å². The summed E-state index contributed by atoms with van der Waals surface area (Å²) in [6, 6.07) is 2.03. The molecular formula is C15H26O2. The molecule has 0 amide bonds. The highest BCUT2D eigenvalue weighted by Gasteiger charge is 2.34. The number of aliphatic hydroxyl groups is 1. The fourth-order valence-electron chi connectivity index (χ4n) is 2.31. The highest BCUT2D eigenvalue weighted by atomic mass is 16.3. The zero-order valence-electron chi connectivity index (χ0n) is 12.0. The van der Waals surface area contributed by atoms with Gasteiger partial charge < -0.3 is 9.52 Å². The number of rotatable bonds is 1. The molecule has 0 saturated carbocycles. The van der Waals surface area contributed by atoms with Crippen molar-refractivity contribution in [1.29, 1.82) is 0 Å². The lowest BCUT2D eigenvalue weighted by Gasteiger charge is -2.31. The number of hydrogen-bond acceptors (Lipinski definition) is 2. The van der Waals surface area contributed by atoms with Crippen LogP contribution >= 0.6 is 0 Å². The summed E-state index contributed by atoms with van der Waals surface area (Å²) in [7, 11) is 0. The Kier molecular flexibility index (Phi) is 4.42. The van der Waals surface area contributed by atoms with E-state index in [-0.39, 0.29) is 11.5 Å². The summed E-state index contributed by atoms with van der Waals surface area (Å²) in [6.45, 7) is 12.6. The van der Waals surface area contributed by atoms with E-state index >= 15 is 0 Å². The minimum atomic E-state index is -0.347. The summed E-state index contributed by atoms with van der Waals surface area (Å²) in [5, 5.41) is 10.0. The van der Waals surface area contributed by atoms with Gasteiger partial charge in [0.25, 0.3) is 0 Å². The van der Waals surface area contributed by atoms with Gasteiger partial charge >= 0.3 is 0 Å². The van der Waals surface area contributed by atoms with Crippen LogP contribution in [-0.2, 0) is 6.42 Å². The maximum atomic E-state index is 10.0. The van der Waals surface area contributed by atoms with Gasteiger partial charge in [0.05, 0.1) is 6.10 Å². The molecule has 2 heteroatoms. The van der Waals surface area contributed by atoms with Gasteiger partial charge in [0.15, 0.2) is 0 Å². The Morgan fingerprint density at radius 2 is 1.94 bits per heavy atom. The lowest BCUT2D eigenvalue weighted by molar-refractivity contribution is 0.0930. The minimum Gasteiger partial charge on any atom is -0.465 e. The van der Waals surface area contributed by atoms with Gasteiger partial charge in [0, 0.05) is 17.9 Å². The second-order valence-corrected chi connectivity index (χ2v) is 5.74. The maximum absolute atomic E-state index is 10.0. The zero-order valence-corrected chi connectivity index (χ0v) is 12.0. The Morgan fingerprint density at radius 3 is 2.47 bits per heavy atom. The molecule has 1 aromatic rings. The van der Waals surface area contributed by atoms with Gasteiger partial charge in [-0.2, -0.15) is 0 Å². The molecule has 1 atom stereocenters. The van der Waals surface area contributed by atoms with E-state index < -0.39 is 0 Å². The molecule has 2 nitrogen and oxygen atoms in total. The lowest BCUT2D eigenvalue weighted by Crippen LogP contribution is -2.24. The third-order valence-corrected chi connectivity index (χ3v) is 3.17. The smallest absolute Gasteiger partial charge is 0.110 e. The summed E-state index contributed by atoms with van der Waals surface area (Å²) in [5.41, 5.74) is 1.16. The highest BCUT2D eigenvalue weighted by Crippen LogP contribution is 2.42. The van der Waals surface area contributed by atoms with E-state index in [1.807, 2.05) is 19.9 Å². The third kappa shape index (κ3) is 3.12. The van der Waals surface area contributed by atoms with E-state index in [2.05, 4.69) is 27.7 Å². The van der Waals surface area contributed by atoms with Crippen LogP contribution in [0.2, 0.25) is 0 Å². The predicted molar refractivity (Wildman–Crippen MR) is 71.2 cm³/mol. The second-order valence-electron chi connectivity index (χ2n) is 5.74. The summed E-state index contributed by atoms with van der Waals surface area (Å²) in [4.78, 5) is 0. The molecule has 17 heavy (non-hydrogen) atoms. The van der Waals surface area contributed by atoms with Crippen LogP contribution < -0.4 is 0 Å². The number of hydrogen-bond donors (Lipinski definition) is 1. The predicted octanol–water partition coefficient (Wildman–Crippen LogP) is 4.44. The van der Waals surface area contributed by atoms with Crippen molar-refractivity contribution >= 4 is 0 Å². The average molecular weight is 238 g/mol. The molecule has 0 spiro atoms. The van der Waals surface area contributed by atoms with Crippen LogP contribution in [0.1, 0.15) is 77.1 Å². The van der Waals surface area contributed by atoms with E-state index in [9.17, 15) is 5.11 Å². The topological polar surface area (TPSA) is 33.4 Å². The van der Waals surface area contributed by atoms with Crippen LogP contribution in [0.4, 0.5) is 0 Å². The first-order valence-corrected chi connectivity index (χ1v) is 6.69. The minimum absolute atomic E-state index is 0.151. The molecule has 0 radical (unpaired) electrons. The van der Waals surface area contributed by atoms with Gasteiger partial charge in [-0.25, -0.2) is 0 Å². The Morgan fingerprint density at radius 1 is 1.35 bits per heavy atom. The van der Waals surface area contributed by atoms with Crippen LogP contribution in [-0.4, -0.2) is 5.11 Å². The molecule has 1 aliphatic carbocycles. The molecule has 0 saturated heterocycles. The molecule has 0 aliphatic heterocycles. The van der Waals surface area contributed by atoms with Gasteiger partial charge in [-0.15, -0.1) is 0 Å². The van der Waals surface area contributed by atoms with Gasteiger partial charge in [-0.05, 0) is 17.9 Å². The van der Waals surface area contributed by atoms with E-state index in [1.165, 1.54) is 0 Å². The van der Waals surface area contributed by atoms with Crippen molar-refractivity contribution < 1.29 is 9.52 Å². The SMILES string of the molecule is CC.CC(C)c1cc2c(o1)CC(C)(C)CC2O. The standard InChI is InChI=1S/C13H20O2.C2H6/c1-8(2)11-5-9-10(14)6-13(3,4)7-12(9)15-11;1-2/h5,8,10,14H,6-7H2,1-4H3;1-2H3. The average Bonchev–Trinajstić information content (AvgIpc) is 2.63. The van der Waals surface area contributed by atoms with Crippen LogP contribution in [0.5, 0.6) is 0 Å². The van der Waals surface area contributed by atoms with Crippen molar-refractivity contribution in [3.05, 3.63) is 23.2 Å². The molecule has 1 N–H and O–H groups in total. The maximum Gasteiger partial charge on any atom is 0.110 e. The van der Waals surface area contributed by atoms with Crippen molar-refractivity contribution in [2.75, 3.05) is 0 Å². The molecular weight excluding hydrogens is 212 g/mol. The number of aliphatic hydroxyl groups excluding tert-OH is 1. The summed E-state index contributed by atoms with van der Waals surface area (Å²) < 4.78 is 5.81. The van der Waals surface area contributed by atoms with Gasteiger partial charge in [-0.1, -0.05) is 41.5 Å². The fraction of sp³-hybridized carbons (Fsp3) is 0.733. The van der Waals surface area contributed by atoms with Gasteiger partial charge in [0.2, 0.25) is 0 Å². The van der Waals surface area contributed by atoms with E-state index in [1.54, 1.807) is 0 Å². The largest absolute Gasteiger partial charge is 0.465 e. The van der Waals surface area contributed by atoms with E-state index in [0.29, 0.717) is 5.92 Å². The highest BCUT2D eigenvalue weighted by molar-refractivity contribution is 5.29. The Bertz CT molecular complexity index is 361. The third-order valence-electron chi connectivity index (χ3n) is 3.17. The van der Waals surface area contributed by atoms with Crippen molar-refractivity contribution in [1.82, 2.24) is 0 Å². The number of furan rings is 1. The van der Waals surface area contributed by atoms with Crippen LogP contribution in [0, 0.1) is 5.41 Å². The molecule has 1 aromatic heterocycles. The van der Waals surface area contributed by atoms with Crippen LogP contribution in [0.25, 0.3) is 0 Å². The van der Waals surface area contributed by atoms with E-state index in [0.717, 1.165) is 29.9 Å². The fourth-order valence-corrected chi connectivity index (χ4v) is 2.31. The van der Waals surface area contributed by atoms with Crippen molar-refractivity contribution in [2.45, 2.75) is 66.4 Å². The molecule has 0 bridgehead atoms. The molecule has 0 aromatic carbocycles. The molecule has 2 rings (SSSR count). The molecule has 1 unspecified atom stereocenters. The second kappa shape index (κ2) is 5.26. The monoisotopic (exact) mass is 238 g/mol. The van der Waals surface area contributed by atoms with Gasteiger partial charge in [0.1, 0.15) is 11.5 Å². The summed E-state index contributed by atoms with van der Waals surface area (Å²) in [6.07, 6.45) is 1.42. The molecule has 1 heterocycles. The first-order valence-electron chi connectivity index (χ1n) is 6.69. The zero-order chi connectivity index (χ0) is 13.2. The molecule has 98 valence electrons. The van der Waals surface area contributed by atoms with Crippen LogP contribution in [0.3, 0.4) is 0 Å².